The molecule has 0 saturated carbocycles. The normalized spacial score (nSPS) is 12.0. The number of nitrogens with zero attached hydrogens (tertiary/aromatic N) is 2. The lowest BCUT2D eigenvalue weighted by Gasteiger charge is -2.16. The molecule has 0 aliphatic rings. The lowest BCUT2D eigenvalue weighted by molar-refractivity contribution is -0.115. The highest BCUT2D eigenvalue weighted by Crippen LogP contribution is 2.24. The van der Waals surface area contributed by atoms with E-state index in [1.807, 2.05) is 19.1 Å². The Morgan fingerprint density at radius 1 is 1.17 bits per heavy atom. The van der Waals surface area contributed by atoms with E-state index < -0.39 is 5.25 Å². The van der Waals surface area contributed by atoms with Gasteiger partial charge in [0.2, 0.25) is 5.91 Å². The smallest absolute Gasteiger partial charge is 0.262 e. The van der Waals surface area contributed by atoms with Crippen molar-refractivity contribution in [3.05, 3.63) is 64.4 Å². The van der Waals surface area contributed by atoms with E-state index in [1.54, 1.807) is 47.9 Å². The van der Waals surface area contributed by atoms with Gasteiger partial charge in [0.25, 0.3) is 5.56 Å². The first kappa shape index (κ1) is 20.8. The molecule has 0 fully saturated rings. The molecule has 0 saturated heterocycles. The Morgan fingerprint density at radius 2 is 1.93 bits per heavy atom. The second kappa shape index (κ2) is 9.05. The van der Waals surface area contributed by atoms with Crippen molar-refractivity contribution in [1.29, 1.82) is 0 Å². The maximum Gasteiger partial charge on any atom is 0.262 e. The molecular weight excluding hydrogens is 386 g/mol. The average Bonchev–Trinajstić information content (AvgIpc) is 2.71. The monoisotopic (exact) mass is 409 g/mol. The van der Waals surface area contributed by atoms with Crippen LogP contribution in [0.2, 0.25) is 0 Å². The van der Waals surface area contributed by atoms with E-state index in [2.05, 4.69) is 10.3 Å². The van der Waals surface area contributed by atoms with E-state index in [1.165, 1.54) is 18.7 Å². The fourth-order valence-electron chi connectivity index (χ4n) is 2.93. The number of carbonyl (C=O) groups is 2. The van der Waals surface area contributed by atoms with Crippen molar-refractivity contribution in [2.45, 2.75) is 44.1 Å². The van der Waals surface area contributed by atoms with Crippen LogP contribution in [0.5, 0.6) is 0 Å². The van der Waals surface area contributed by atoms with Crippen LogP contribution in [-0.2, 0) is 11.3 Å². The number of para-hydroxylation sites is 1. The van der Waals surface area contributed by atoms with Crippen LogP contribution in [0, 0.1) is 0 Å². The topological polar surface area (TPSA) is 81.1 Å². The molecule has 1 aromatic heterocycles. The largest absolute Gasteiger partial charge is 0.325 e. The van der Waals surface area contributed by atoms with E-state index in [0.717, 1.165) is 6.42 Å². The maximum atomic E-state index is 12.9. The molecule has 1 heterocycles. The number of benzene rings is 2. The van der Waals surface area contributed by atoms with Gasteiger partial charge in [-0.25, -0.2) is 4.98 Å². The van der Waals surface area contributed by atoms with E-state index in [0.29, 0.717) is 33.9 Å². The van der Waals surface area contributed by atoms with Crippen molar-refractivity contribution >= 4 is 40.0 Å². The lowest BCUT2D eigenvalue weighted by Crippen LogP contribution is -2.27. The second-order valence-corrected chi connectivity index (χ2v) is 8.06. The molecule has 0 aliphatic carbocycles. The first-order valence-corrected chi connectivity index (χ1v) is 10.4. The summed E-state index contributed by atoms with van der Waals surface area (Å²) in [4.78, 5) is 41.7. The molecule has 6 nitrogen and oxygen atoms in total. The molecule has 3 rings (SSSR count). The molecule has 0 bridgehead atoms. The molecule has 7 heteroatoms. The molecule has 1 unspecified atom stereocenters. The third-order valence-electron chi connectivity index (χ3n) is 4.46. The summed E-state index contributed by atoms with van der Waals surface area (Å²) in [5, 5.41) is 3.45. The van der Waals surface area contributed by atoms with Gasteiger partial charge in [-0.2, -0.15) is 0 Å². The minimum Gasteiger partial charge on any atom is -0.325 e. The van der Waals surface area contributed by atoms with E-state index in [9.17, 15) is 14.4 Å². The number of nitrogens with one attached hydrogen (secondary N) is 1. The van der Waals surface area contributed by atoms with Gasteiger partial charge in [0, 0.05) is 17.8 Å². The Bertz CT molecular complexity index is 1120. The van der Waals surface area contributed by atoms with Crippen LogP contribution in [0.1, 0.15) is 37.6 Å². The summed E-state index contributed by atoms with van der Waals surface area (Å²) in [6.07, 6.45) is 0.784. The summed E-state index contributed by atoms with van der Waals surface area (Å²) in [6, 6.07) is 14.1. The third-order valence-corrected chi connectivity index (χ3v) is 5.55. The van der Waals surface area contributed by atoms with Gasteiger partial charge in [-0.05, 0) is 44.5 Å². The van der Waals surface area contributed by atoms with Crippen LogP contribution < -0.4 is 10.9 Å². The molecule has 29 heavy (non-hydrogen) atoms. The predicted molar refractivity (Wildman–Crippen MR) is 117 cm³/mol. The number of fused-ring (bicyclic) bond motifs is 1. The highest BCUT2D eigenvalue weighted by atomic mass is 32.2. The van der Waals surface area contributed by atoms with Crippen molar-refractivity contribution in [2.24, 2.45) is 0 Å². The zero-order valence-corrected chi connectivity index (χ0v) is 17.5. The number of rotatable bonds is 7. The number of ketones is 1. The molecule has 1 amide bonds. The molecule has 0 aliphatic heterocycles. The number of Topliss-reactive ketones (excluding diaryl/α,β-unsaturated/α-hetero) is 1. The molecule has 0 spiro atoms. The number of carbonyl (C=O) groups excluding carboxylic acids is 2. The minimum atomic E-state index is -0.479. The van der Waals surface area contributed by atoms with E-state index >= 15 is 0 Å². The van der Waals surface area contributed by atoms with Gasteiger partial charge in [0.05, 0.1) is 16.2 Å². The highest BCUT2D eigenvalue weighted by Gasteiger charge is 2.19. The standard InChI is InChI=1S/C22H23N3O3S/c1-4-12-25-21(28)18-10-5-6-11-19(18)24-22(25)29-15(3)20(27)23-17-9-7-8-16(13-17)14(2)26/h5-11,13,15H,4,12H2,1-3H3,(H,23,27). The molecule has 0 radical (unpaired) electrons. The number of thioether (sulfide) groups is 1. The number of hydrogen-bond acceptors (Lipinski definition) is 5. The van der Waals surface area contributed by atoms with Gasteiger partial charge in [-0.1, -0.05) is 43.0 Å². The van der Waals surface area contributed by atoms with Gasteiger partial charge in [0.15, 0.2) is 10.9 Å². The zero-order chi connectivity index (χ0) is 21.0. The molecule has 3 aromatic rings. The van der Waals surface area contributed by atoms with Crippen molar-refractivity contribution in [3.63, 3.8) is 0 Å². The maximum absolute atomic E-state index is 12.9. The van der Waals surface area contributed by atoms with Crippen molar-refractivity contribution in [2.75, 3.05) is 5.32 Å². The Balaban J connectivity index is 1.85. The Morgan fingerprint density at radius 3 is 2.66 bits per heavy atom. The Kier molecular flexibility index (Phi) is 6.49. The molecule has 2 aromatic carbocycles. The number of anilines is 1. The number of amides is 1. The summed E-state index contributed by atoms with van der Waals surface area (Å²) < 4.78 is 1.63. The highest BCUT2D eigenvalue weighted by molar-refractivity contribution is 8.00. The fraction of sp³-hybridized carbons (Fsp3) is 0.273. The Hall–Kier alpha value is -2.93. The summed E-state index contributed by atoms with van der Waals surface area (Å²) in [5.74, 6) is -0.284. The fourth-order valence-corrected chi connectivity index (χ4v) is 3.86. The summed E-state index contributed by atoms with van der Waals surface area (Å²) in [5.41, 5.74) is 1.62. The second-order valence-electron chi connectivity index (χ2n) is 6.75. The van der Waals surface area contributed by atoms with Crippen LogP contribution in [0.4, 0.5) is 5.69 Å². The van der Waals surface area contributed by atoms with Crippen LogP contribution in [0.25, 0.3) is 10.9 Å². The summed E-state index contributed by atoms with van der Waals surface area (Å²) in [7, 11) is 0. The van der Waals surface area contributed by atoms with Gasteiger partial charge in [-0.15, -0.1) is 0 Å². The van der Waals surface area contributed by atoms with Gasteiger partial charge in [0.1, 0.15) is 0 Å². The summed E-state index contributed by atoms with van der Waals surface area (Å²) in [6.45, 7) is 5.78. The third kappa shape index (κ3) is 4.74. The molecule has 150 valence electrons. The SMILES string of the molecule is CCCn1c(SC(C)C(=O)Nc2cccc(C(C)=O)c2)nc2ccccc2c1=O. The van der Waals surface area contributed by atoms with Crippen LogP contribution in [0.3, 0.4) is 0 Å². The van der Waals surface area contributed by atoms with Crippen LogP contribution >= 0.6 is 11.8 Å². The minimum absolute atomic E-state index is 0.0625. The van der Waals surface area contributed by atoms with Crippen molar-refractivity contribution in [3.8, 4) is 0 Å². The summed E-state index contributed by atoms with van der Waals surface area (Å²) >= 11 is 1.25. The van der Waals surface area contributed by atoms with E-state index in [-0.39, 0.29) is 17.2 Å². The number of hydrogen-bond donors (Lipinski definition) is 1. The van der Waals surface area contributed by atoms with Crippen molar-refractivity contribution in [1.82, 2.24) is 9.55 Å². The number of aromatic nitrogens is 2. The van der Waals surface area contributed by atoms with Gasteiger partial charge in [-0.3, -0.25) is 19.0 Å². The lowest BCUT2D eigenvalue weighted by atomic mass is 10.1. The molecule has 1 atom stereocenters. The Labute approximate surface area is 173 Å². The average molecular weight is 410 g/mol. The van der Waals surface area contributed by atoms with Crippen molar-refractivity contribution < 1.29 is 9.59 Å². The zero-order valence-electron chi connectivity index (χ0n) is 16.6. The van der Waals surface area contributed by atoms with Gasteiger partial charge >= 0.3 is 0 Å². The first-order chi connectivity index (χ1) is 13.9. The molecule has 1 N–H and O–H groups in total. The predicted octanol–water partition coefficient (Wildman–Crippen LogP) is 4.13. The molecular formula is C22H23N3O3S. The van der Waals surface area contributed by atoms with E-state index in [4.69, 9.17) is 0 Å². The van der Waals surface area contributed by atoms with Crippen LogP contribution in [-0.4, -0.2) is 26.5 Å². The quantitative estimate of drug-likeness (QED) is 0.360. The first-order valence-electron chi connectivity index (χ1n) is 9.48. The van der Waals surface area contributed by atoms with Crippen LogP contribution in [0.15, 0.2) is 58.5 Å². The van der Waals surface area contributed by atoms with Gasteiger partial charge < -0.3 is 5.32 Å².